The van der Waals surface area contributed by atoms with Crippen molar-refractivity contribution in [2.45, 2.75) is 19.8 Å². The molecular formula is C18H14FN3S2. The molecule has 4 aromatic rings. The van der Waals surface area contributed by atoms with E-state index in [1.165, 1.54) is 12.4 Å². The van der Waals surface area contributed by atoms with Crippen molar-refractivity contribution in [3.63, 3.8) is 0 Å². The molecule has 0 spiro atoms. The molecule has 0 fully saturated rings. The second-order valence-corrected chi connectivity index (χ2v) is 7.81. The van der Waals surface area contributed by atoms with Gasteiger partial charge in [0.25, 0.3) is 0 Å². The van der Waals surface area contributed by atoms with E-state index in [0.717, 1.165) is 25.7 Å². The van der Waals surface area contributed by atoms with Crippen LogP contribution in [0, 0.1) is 12.7 Å². The highest BCUT2D eigenvalue weighted by atomic mass is 32.1. The van der Waals surface area contributed by atoms with Crippen LogP contribution in [0.3, 0.4) is 0 Å². The van der Waals surface area contributed by atoms with Gasteiger partial charge in [0.1, 0.15) is 12.1 Å². The van der Waals surface area contributed by atoms with E-state index in [2.05, 4.69) is 21.9 Å². The standard InChI is InChI=1S/C18H14FN3S2/c1-10-7-15-17(24-10)16(22-9-21-15)13-8-12(3-4-14(13)19)11(2)18-20-5-6-23-18/h3-9,11H,1-2H3. The summed E-state index contributed by atoms with van der Waals surface area (Å²) in [6.45, 7) is 4.11. The smallest absolute Gasteiger partial charge is 0.132 e. The summed E-state index contributed by atoms with van der Waals surface area (Å²) in [6.07, 6.45) is 3.30. The Labute approximate surface area is 146 Å². The van der Waals surface area contributed by atoms with Crippen LogP contribution in [0.5, 0.6) is 0 Å². The third kappa shape index (κ3) is 2.61. The number of hydrogen-bond acceptors (Lipinski definition) is 5. The number of thiophene rings is 1. The summed E-state index contributed by atoms with van der Waals surface area (Å²) in [7, 11) is 0. The molecule has 0 saturated carbocycles. The molecule has 0 aliphatic heterocycles. The molecule has 1 atom stereocenters. The van der Waals surface area contributed by atoms with Gasteiger partial charge < -0.3 is 0 Å². The Kier molecular flexibility index (Phi) is 3.86. The summed E-state index contributed by atoms with van der Waals surface area (Å²) in [5, 5.41) is 2.98. The first-order valence-electron chi connectivity index (χ1n) is 7.54. The Balaban J connectivity index is 1.87. The van der Waals surface area contributed by atoms with Gasteiger partial charge in [-0.25, -0.2) is 19.3 Å². The second kappa shape index (κ2) is 6.03. The quantitative estimate of drug-likeness (QED) is 0.493. The van der Waals surface area contributed by atoms with Crippen molar-refractivity contribution in [3.05, 3.63) is 63.4 Å². The predicted molar refractivity (Wildman–Crippen MR) is 97.2 cm³/mol. The Morgan fingerprint density at radius 2 is 2.00 bits per heavy atom. The molecule has 3 heterocycles. The zero-order valence-electron chi connectivity index (χ0n) is 13.2. The van der Waals surface area contributed by atoms with Gasteiger partial charge in [0.05, 0.1) is 20.9 Å². The topological polar surface area (TPSA) is 38.7 Å². The summed E-state index contributed by atoms with van der Waals surface area (Å²) in [5.74, 6) is -0.150. The van der Waals surface area contributed by atoms with Gasteiger partial charge in [0, 0.05) is 27.9 Å². The molecule has 1 aromatic carbocycles. The van der Waals surface area contributed by atoms with E-state index in [4.69, 9.17) is 0 Å². The third-order valence-electron chi connectivity index (χ3n) is 4.00. The number of thiazole rings is 1. The van der Waals surface area contributed by atoms with Crippen molar-refractivity contribution in [3.8, 4) is 11.3 Å². The summed E-state index contributed by atoms with van der Waals surface area (Å²) < 4.78 is 15.5. The van der Waals surface area contributed by atoms with E-state index in [1.807, 2.05) is 30.5 Å². The van der Waals surface area contributed by atoms with Crippen LogP contribution in [0.25, 0.3) is 21.5 Å². The summed E-state index contributed by atoms with van der Waals surface area (Å²) in [5.41, 5.74) is 3.07. The van der Waals surface area contributed by atoms with Crippen molar-refractivity contribution in [1.29, 1.82) is 0 Å². The van der Waals surface area contributed by atoms with Gasteiger partial charge in [-0.1, -0.05) is 13.0 Å². The summed E-state index contributed by atoms with van der Waals surface area (Å²) in [4.78, 5) is 14.2. The van der Waals surface area contributed by atoms with E-state index in [1.54, 1.807) is 28.9 Å². The maximum atomic E-state index is 14.5. The molecule has 0 amide bonds. The molecule has 3 nitrogen and oxygen atoms in total. The molecule has 0 aliphatic rings. The highest BCUT2D eigenvalue weighted by molar-refractivity contribution is 7.19. The van der Waals surface area contributed by atoms with Crippen LogP contribution in [0.2, 0.25) is 0 Å². The molecule has 24 heavy (non-hydrogen) atoms. The van der Waals surface area contributed by atoms with E-state index in [0.29, 0.717) is 11.3 Å². The average Bonchev–Trinajstić information content (AvgIpc) is 3.22. The van der Waals surface area contributed by atoms with Gasteiger partial charge in [-0.15, -0.1) is 22.7 Å². The molecule has 4 rings (SSSR count). The monoisotopic (exact) mass is 355 g/mol. The van der Waals surface area contributed by atoms with Crippen molar-refractivity contribution < 1.29 is 4.39 Å². The summed E-state index contributed by atoms with van der Waals surface area (Å²) in [6, 6.07) is 7.23. The first kappa shape index (κ1) is 15.4. The molecule has 0 aliphatic carbocycles. The van der Waals surface area contributed by atoms with Crippen LogP contribution in [0.15, 0.2) is 42.2 Å². The maximum absolute atomic E-state index is 14.5. The van der Waals surface area contributed by atoms with Gasteiger partial charge in [-0.2, -0.15) is 0 Å². The van der Waals surface area contributed by atoms with Crippen LogP contribution in [0.1, 0.15) is 28.3 Å². The third-order valence-corrected chi connectivity index (χ3v) is 6.01. The zero-order valence-corrected chi connectivity index (χ0v) is 14.8. The number of aryl methyl sites for hydroxylation is 1. The van der Waals surface area contributed by atoms with Gasteiger partial charge in [-0.05, 0) is 30.7 Å². The predicted octanol–water partition coefficient (Wildman–Crippen LogP) is 5.41. The second-order valence-electron chi connectivity index (χ2n) is 5.63. The van der Waals surface area contributed by atoms with Gasteiger partial charge in [0.15, 0.2) is 0 Å². The minimum absolute atomic E-state index is 0.117. The maximum Gasteiger partial charge on any atom is 0.132 e. The fraction of sp³-hybridized carbons (Fsp3) is 0.167. The van der Waals surface area contributed by atoms with Crippen LogP contribution < -0.4 is 0 Å². The normalized spacial score (nSPS) is 12.6. The lowest BCUT2D eigenvalue weighted by atomic mass is 9.98. The number of halogens is 1. The average molecular weight is 355 g/mol. The number of aromatic nitrogens is 3. The fourth-order valence-corrected chi connectivity index (χ4v) is 4.44. The molecule has 1 unspecified atom stereocenters. The van der Waals surface area contributed by atoms with Crippen molar-refractivity contribution >= 4 is 32.9 Å². The number of rotatable bonds is 3. The van der Waals surface area contributed by atoms with Crippen LogP contribution >= 0.6 is 22.7 Å². The zero-order chi connectivity index (χ0) is 16.7. The Morgan fingerprint density at radius 3 is 2.79 bits per heavy atom. The van der Waals surface area contributed by atoms with Gasteiger partial charge >= 0.3 is 0 Å². The highest BCUT2D eigenvalue weighted by Gasteiger charge is 2.17. The largest absolute Gasteiger partial charge is 0.249 e. The van der Waals surface area contributed by atoms with E-state index in [9.17, 15) is 4.39 Å². The molecule has 0 N–H and O–H groups in total. The lowest BCUT2D eigenvalue weighted by Crippen LogP contribution is -1.98. The number of nitrogens with zero attached hydrogens (tertiary/aromatic N) is 3. The van der Waals surface area contributed by atoms with E-state index < -0.39 is 0 Å². The van der Waals surface area contributed by atoms with Gasteiger partial charge in [0.2, 0.25) is 0 Å². The lowest BCUT2D eigenvalue weighted by molar-refractivity contribution is 0.629. The number of benzene rings is 1. The summed E-state index contributed by atoms with van der Waals surface area (Å²) >= 11 is 3.20. The van der Waals surface area contributed by atoms with Gasteiger partial charge in [-0.3, -0.25) is 0 Å². The van der Waals surface area contributed by atoms with Crippen molar-refractivity contribution in [1.82, 2.24) is 15.0 Å². The van der Waals surface area contributed by atoms with Crippen LogP contribution in [-0.2, 0) is 0 Å². The Bertz CT molecular complexity index is 1010. The number of hydrogen-bond donors (Lipinski definition) is 0. The molecular weight excluding hydrogens is 341 g/mol. The molecule has 0 saturated heterocycles. The molecule has 120 valence electrons. The molecule has 6 heteroatoms. The number of fused-ring (bicyclic) bond motifs is 1. The Morgan fingerprint density at radius 1 is 1.12 bits per heavy atom. The molecule has 0 bridgehead atoms. The van der Waals surface area contributed by atoms with E-state index in [-0.39, 0.29) is 11.7 Å². The van der Waals surface area contributed by atoms with Crippen molar-refractivity contribution in [2.75, 3.05) is 0 Å². The van der Waals surface area contributed by atoms with Crippen LogP contribution in [0.4, 0.5) is 4.39 Å². The highest BCUT2D eigenvalue weighted by Crippen LogP contribution is 2.35. The Hall–Kier alpha value is -2.18. The van der Waals surface area contributed by atoms with Crippen molar-refractivity contribution in [2.24, 2.45) is 0 Å². The first-order chi connectivity index (χ1) is 11.6. The molecule has 3 aromatic heterocycles. The lowest BCUT2D eigenvalue weighted by Gasteiger charge is -2.12. The minimum atomic E-state index is -0.267. The van der Waals surface area contributed by atoms with Crippen LogP contribution in [-0.4, -0.2) is 15.0 Å². The first-order valence-corrected chi connectivity index (χ1v) is 9.23. The SMILES string of the molecule is Cc1cc2ncnc(-c3cc(C(C)c4nccs4)ccc3F)c2s1. The molecule has 0 radical (unpaired) electrons. The minimum Gasteiger partial charge on any atom is -0.249 e. The van der Waals surface area contributed by atoms with E-state index >= 15 is 0 Å². The fourth-order valence-electron chi connectivity index (χ4n) is 2.75.